The lowest BCUT2D eigenvalue weighted by atomic mass is 10.1. The maximum Gasteiger partial charge on any atom is 0.214 e. The second kappa shape index (κ2) is 4.95. The number of nitrogens with zero attached hydrogens (tertiary/aromatic N) is 2. The quantitative estimate of drug-likeness (QED) is 0.860. The molecular weight excluding hydrogens is 252 g/mol. The van der Waals surface area contributed by atoms with Crippen molar-refractivity contribution < 1.29 is 13.5 Å². The Kier molecular flexibility index (Phi) is 3.70. The molecule has 0 aliphatic carbocycles. The van der Waals surface area contributed by atoms with Crippen LogP contribution < -0.4 is 0 Å². The summed E-state index contributed by atoms with van der Waals surface area (Å²) in [6.45, 7) is 2.28. The molecule has 1 aliphatic heterocycles. The van der Waals surface area contributed by atoms with E-state index < -0.39 is 15.6 Å². The molecule has 1 atom stereocenters. The predicted molar refractivity (Wildman–Crippen MR) is 68.5 cm³/mol. The van der Waals surface area contributed by atoms with E-state index in [0.29, 0.717) is 19.4 Å². The number of hydrogen-bond donors (Lipinski definition) is 1. The molecule has 1 aromatic heterocycles. The third-order valence-corrected chi connectivity index (χ3v) is 5.03. The second-order valence-electron chi connectivity index (χ2n) is 5.00. The third kappa shape index (κ3) is 3.28. The van der Waals surface area contributed by atoms with Gasteiger partial charge in [-0.05, 0) is 37.5 Å². The Morgan fingerprint density at radius 2 is 2.11 bits per heavy atom. The van der Waals surface area contributed by atoms with Crippen LogP contribution in [0.15, 0.2) is 24.5 Å². The van der Waals surface area contributed by atoms with E-state index in [9.17, 15) is 13.5 Å². The fourth-order valence-electron chi connectivity index (χ4n) is 2.07. The first-order valence-electron chi connectivity index (χ1n) is 5.98. The fourth-order valence-corrected chi connectivity index (χ4v) is 3.66. The van der Waals surface area contributed by atoms with Gasteiger partial charge in [0.05, 0.1) is 11.4 Å². The maximum atomic E-state index is 12.1. The van der Waals surface area contributed by atoms with E-state index in [4.69, 9.17) is 0 Å². The van der Waals surface area contributed by atoms with Gasteiger partial charge in [0.2, 0.25) is 10.0 Å². The van der Waals surface area contributed by atoms with Crippen molar-refractivity contribution >= 4 is 10.0 Å². The Hall–Kier alpha value is -0.980. The SMILES string of the molecule is CC1(O)CCN(S(=O)(=O)CCc2ccncc2)C1. The van der Waals surface area contributed by atoms with Crippen molar-refractivity contribution in [2.45, 2.75) is 25.4 Å². The van der Waals surface area contributed by atoms with Gasteiger partial charge in [0.25, 0.3) is 0 Å². The van der Waals surface area contributed by atoms with E-state index >= 15 is 0 Å². The monoisotopic (exact) mass is 270 g/mol. The summed E-state index contributed by atoms with van der Waals surface area (Å²) in [6.07, 6.45) is 4.29. The predicted octanol–water partition coefficient (Wildman–Crippen LogP) is 0.411. The molecule has 1 saturated heterocycles. The van der Waals surface area contributed by atoms with Gasteiger partial charge in [-0.2, -0.15) is 4.31 Å². The summed E-state index contributed by atoms with van der Waals surface area (Å²) in [5, 5.41) is 9.80. The summed E-state index contributed by atoms with van der Waals surface area (Å²) in [7, 11) is -3.28. The van der Waals surface area contributed by atoms with Crippen LogP contribution in [-0.4, -0.2) is 47.3 Å². The number of aromatic nitrogens is 1. The smallest absolute Gasteiger partial charge is 0.214 e. The molecule has 2 rings (SSSR count). The van der Waals surface area contributed by atoms with E-state index in [1.807, 2.05) is 12.1 Å². The average molecular weight is 270 g/mol. The van der Waals surface area contributed by atoms with Crippen molar-refractivity contribution in [2.24, 2.45) is 0 Å². The summed E-state index contributed by atoms with van der Waals surface area (Å²) < 4.78 is 25.6. The summed E-state index contributed by atoms with van der Waals surface area (Å²) in [5.74, 6) is 0.0765. The highest BCUT2D eigenvalue weighted by Crippen LogP contribution is 2.23. The number of rotatable bonds is 4. The zero-order valence-corrected chi connectivity index (χ0v) is 11.2. The number of β-amino-alcohol motifs (C(OH)–C–C–N with tert-alkyl or cyclic N) is 1. The van der Waals surface area contributed by atoms with Crippen molar-refractivity contribution in [1.82, 2.24) is 9.29 Å². The topological polar surface area (TPSA) is 70.5 Å². The van der Waals surface area contributed by atoms with E-state index in [-0.39, 0.29) is 12.3 Å². The van der Waals surface area contributed by atoms with Crippen molar-refractivity contribution in [3.63, 3.8) is 0 Å². The van der Waals surface area contributed by atoms with Crippen molar-refractivity contribution in [1.29, 1.82) is 0 Å². The van der Waals surface area contributed by atoms with Gasteiger partial charge in [-0.3, -0.25) is 4.98 Å². The van der Waals surface area contributed by atoms with Crippen molar-refractivity contribution in [2.75, 3.05) is 18.8 Å². The molecule has 18 heavy (non-hydrogen) atoms. The molecule has 1 N–H and O–H groups in total. The molecule has 100 valence electrons. The standard InChI is InChI=1S/C12H18N2O3S/c1-12(15)5-8-14(10-12)18(16,17)9-4-11-2-6-13-7-3-11/h2-3,6-7,15H,4-5,8-10H2,1H3. The number of aliphatic hydroxyl groups is 1. The van der Waals surface area contributed by atoms with Gasteiger partial charge in [0.15, 0.2) is 0 Å². The van der Waals surface area contributed by atoms with E-state index in [1.54, 1.807) is 19.3 Å². The lowest BCUT2D eigenvalue weighted by Crippen LogP contribution is -2.35. The molecular formula is C12H18N2O3S. The van der Waals surface area contributed by atoms with Gasteiger partial charge in [0, 0.05) is 25.5 Å². The van der Waals surface area contributed by atoms with Crippen molar-refractivity contribution in [3.05, 3.63) is 30.1 Å². The first-order chi connectivity index (χ1) is 8.39. The molecule has 0 amide bonds. The van der Waals surface area contributed by atoms with Gasteiger partial charge in [-0.1, -0.05) is 0 Å². The Labute approximate surface area is 108 Å². The normalized spacial score (nSPS) is 25.4. The molecule has 5 nitrogen and oxygen atoms in total. The first kappa shape index (κ1) is 13.5. The minimum Gasteiger partial charge on any atom is -0.389 e. The molecule has 0 spiro atoms. The summed E-state index contributed by atoms with van der Waals surface area (Å²) in [5.41, 5.74) is 0.0727. The van der Waals surface area contributed by atoms with Crippen LogP contribution in [0.5, 0.6) is 0 Å². The molecule has 0 bridgehead atoms. The molecule has 0 aromatic carbocycles. The molecule has 6 heteroatoms. The van der Waals surface area contributed by atoms with Crippen molar-refractivity contribution in [3.8, 4) is 0 Å². The maximum absolute atomic E-state index is 12.1. The van der Waals surface area contributed by atoms with Gasteiger partial charge in [-0.25, -0.2) is 8.42 Å². The van der Waals surface area contributed by atoms with Crippen LogP contribution >= 0.6 is 0 Å². The first-order valence-corrected chi connectivity index (χ1v) is 7.59. The van der Waals surface area contributed by atoms with Crippen LogP contribution in [0.1, 0.15) is 18.9 Å². The lowest BCUT2D eigenvalue weighted by Gasteiger charge is -2.18. The molecule has 0 radical (unpaired) electrons. The van der Waals surface area contributed by atoms with Crippen LogP contribution in [0, 0.1) is 0 Å². The number of aryl methyl sites for hydroxylation is 1. The lowest BCUT2D eigenvalue weighted by molar-refractivity contribution is 0.0762. The Morgan fingerprint density at radius 3 is 2.67 bits per heavy atom. The Bertz CT molecular complexity index is 499. The van der Waals surface area contributed by atoms with Crippen LogP contribution in [0.4, 0.5) is 0 Å². The average Bonchev–Trinajstić information content (AvgIpc) is 2.69. The van der Waals surface area contributed by atoms with Gasteiger partial charge < -0.3 is 5.11 Å². The van der Waals surface area contributed by atoms with Crippen LogP contribution in [-0.2, 0) is 16.4 Å². The van der Waals surface area contributed by atoms with Gasteiger partial charge >= 0.3 is 0 Å². The van der Waals surface area contributed by atoms with Crippen LogP contribution in [0.25, 0.3) is 0 Å². The number of pyridine rings is 1. The van der Waals surface area contributed by atoms with Crippen LogP contribution in [0.3, 0.4) is 0 Å². The molecule has 1 fully saturated rings. The fraction of sp³-hybridized carbons (Fsp3) is 0.583. The molecule has 0 saturated carbocycles. The summed E-state index contributed by atoms with van der Waals surface area (Å²) >= 11 is 0. The largest absolute Gasteiger partial charge is 0.389 e. The molecule has 1 aromatic rings. The van der Waals surface area contributed by atoms with E-state index in [0.717, 1.165) is 5.56 Å². The highest BCUT2D eigenvalue weighted by molar-refractivity contribution is 7.89. The van der Waals surface area contributed by atoms with Crippen LogP contribution in [0.2, 0.25) is 0 Å². The van der Waals surface area contributed by atoms with Gasteiger partial charge in [-0.15, -0.1) is 0 Å². The third-order valence-electron chi connectivity index (χ3n) is 3.21. The molecule has 1 unspecified atom stereocenters. The minimum atomic E-state index is -3.28. The highest BCUT2D eigenvalue weighted by Gasteiger charge is 2.37. The Morgan fingerprint density at radius 1 is 1.44 bits per heavy atom. The molecule has 1 aliphatic rings. The number of hydrogen-bond acceptors (Lipinski definition) is 4. The van der Waals surface area contributed by atoms with E-state index in [2.05, 4.69) is 4.98 Å². The minimum absolute atomic E-state index is 0.0765. The van der Waals surface area contributed by atoms with E-state index in [1.165, 1.54) is 4.31 Å². The zero-order chi connectivity index (χ0) is 13.2. The Balaban J connectivity index is 1.97. The van der Waals surface area contributed by atoms with Gasteiger partial charge in [0.1, 0.15) is 0 Å². The molecule has 2 heterocycles. The summed E-state index contributed by atoms with van der Waals surface area (Å²) in [6, 6.07) is 3.63. The summed E-state index contributed by atoms with van der Waals surface area (Å²) in [4.78, 5) is 3.89. The number of sulfonamides is 1. The second-order valence-corrected chi connectivity index (χ2v) is 7.09. The zero-order valence-electron chi connectivity index (χ0n) is 10.4. The highest BCUT2D eigenvalue weighted by atomic mass is 32.2.